The number of ketones is 1. The number of likely N-dealkylation sites (tertiary alicyclic amines) is 1. The molecule has 1 aliphatic rings. The zero-order chi connectivity index (χ0) is 27.1. The van der Waals surface area contributed by atoms with Crippen LogP contribution in [0.25, 0.3) is 5.76 Å². The Labute approximate surface area is 223 Å². The fourth-order valence-corrected chi connectivity index (χ4v) is 4.36. The van der Waals surface area contributed by atoms with Crippen molar-refractivity contribution in [1.29, 1.82) is 0 Å². The number of ether oxygens (including phenoxy) is 2. The molecule has 1 unspecified atom stereocenters. The van der Waals surface area contributed by atoms with Gasteiger partial charge in [-0.2, -0.15) is 0 Å². The summed E-state index contributed by atoms with van der Waals surface area (Å²) in [6.45, 7) is 3.89. The molecule has 0 aliphatic carbocycles. The maximum absolute atomic E-state index is 13.3. The number of hydrogen-bond acceptors (Lipinski definition) is 6. The van der Waals surface area contributed by atoms with Gasteiger partial charge in [0.25, 0.3) is 11.7 Å². The van der Waals surface area contributed by atoms with Gasteiger partial charge in [-0.25, -0.2) is 0 Å². The highest BCUT2D eigenvalue weighted by atomic mass is 16.5. The number of amides is 1. The number of Topliss-reactive ketones (excluding diaryl/α,β-unsaturated/α-hetero) is 1. The second-order valence-electron chi connectivity index (χ2n) is 9.52. The van der Waals surface area contributed by atoms with Crippen LogP contribution in [0.3, 0.4) is 0 Å². The minimum Gasteiger partial charge on any atom is -0.507 e. The highest BCUT2D eigenvalue weighted by Crippen LogP contribution is 2.40. The Kier molecular flexibility index (Phi) is 8.81. The Hall–Kier alpha value is -4.10. The first-order valence-electron chi connectivity index (χ1n) is 12.8. The van der Waals surface area contributed by atoms with E-state index in [1.807, 2.05) is 80.5 Å². The highest BCUT2D eigenvalue weighted by molar-refractivity contribution is 6.46. The van der Waals surface area contributed by atoms with Crippen molar-refractivity contribution in [2.75, 3.05) is 33.8 Å². The average Bonchev–Trinajstić information content (AvgIpc) is 3.19. The number of carbonyl (C=O) groups is 2. The summed E-state index contributed by atoms with van der Waals surface area (Å²) in [6, 6.07) is 23.4. The molecule has 1 saturated heterocycles. The van der Waals surface area contributed by atoms with E-state index in [-0.39, 0.29) is 11.3 Å². The lowest BCUT2D eigenvalue weighted by atomic mass is 9.95. The first-order valence-corrected chi connectivity index (χ1v) is 12.8. The lowest BCUT2D eigenvalue weighted by Gasteiger charge is -2.26. The van der Waals surface area contributed by atoms with Crippen molar-refractivity contribution in [2.24, 2.45) is 0 Å². The minimum absolute atomic E-state index is 0.0688. The molecule has 0 bridgehead atoms. The summed E-state index contributed by atoms with van der Waals surface area (Å²) in [6.07, 6.45) is 0.845. The van der Waals surface area contributed by atoms with Crippen molar-refractivity contribution >= 4 is 17.4 Å². The Morgan fingerprint density at radius 2 is 1.66 bits per heavy atom. The van der Waals surface area contributed by atoms with E-state index < -0.39 is 17.7 Å². The molecule has 0 aromatic heterocycles. The molecule has 3 aromatic rings. The third-order valence-corrected chi connectivity index (χ3v) is 6.35. The van der Waals surface area contributed by atoms with Crippen LogP contribution in [0.2, 0.25) is 0 Å². The van der Waals surface area contributed by atoms with Crippen LogP contribution in [0.4, 0.5) is 0 Å². The number of hydrogen-bond donors (Lipinski definition) is 1. The molecule has 38 heavy (non-hydrogen) atoms. The van der Waals surface area contributed by atoms with Gasteiger partial charge in [0.2, 0.25) is 0 Å². The summed E-state index contributed by atoms with van der Waals surface area (Å²) in [4.78, 5) is 29.9. The van der Waals surface area contributed by atoms with Crippen LogP contribution >= 0.6 is 0 Å². The van der Waals surface area contributed by atoms with Gasteiger partial charge in [-0.05, 0) is 55.9 Å². The molecule has 1 fully saturated rings. The number of benzene rings is 3. The summed E-state index contributed by atoms with van der Waals surface area (Å²) in [5.74, 6) is -0.276. The predicted octanol–water partition coefficient (Wildman–Crippen LogP) is 5.04. The van der Waals surface area contributed by atoms with E-state index in [0.29, 0.717) is 43.4 Å². The van der Waals surface area contributed by atoms with Crippen molar-refractivity contribution in [1.82, 2.24) is 9.80 Å². The molecule has 1 amide bonds. The molecule has 1 heterocycles. The minimum atomic E-state index is -0.724. The van der Waals surface area contributed by atoms with Crippen LogP contribution in [0.5, 0.6) is 11.5 Å². The highest BCUT2D eigenvalue weighted by Gasteiger charge is 2.45. The van der Waals surface area contributed by atoms with Gasteiger partial charge in [-0.1, -0.05) is 61.5 Å². The quantitative estimate of drug-likeness (QED) is 0.220. The SMILES string of the molecule is CCCOc1cccc(/C(O)=C2\C(=O)C(=O)N(CCN(C)C)C2c2ccc(OCc3ccccc3)cc2)c1. The maximum atomic E-state index is 13.3. The zero-order valence-electron chi connectivity index (χ0n) is 22.1. The third-order valence-electron chi connectivity index (χ3n) is 6.35. The van der Waals surface area contributed by atoms with Crippen molar-refractivity contribution < 1.29 is 24.2 Å². The van der Waals surface area contributed by atoms with Crippen LogP contribution in [-0.4, -0.2) is 60.4 Å². The number of rotatable bonds is 11. The zero-order valence-corrected chi connectivity index (χ0v) is 22.1. The van der Waals surface area contributed by atoms with E-state index in [4.69, 9.17) is 9.47 Å². The third kappa shape index (κ3) is 6.23. The van der Waals surface area contributed by atoms with Gasteiger partial charge in [0.1, 0.15) is 23.9 Å². The maximum Gasteiger partial charge on any atom is 0.295 e. The van der Waals surface area contributed by atoms with Gasteiger partial charge >= 0.3 is 0 Å². The Morgan fingerprint density at radius 1 is 0.921 bits per heavy atom. The Morgan fingerprint density at radius 3 is 2.34 bits per heavy atom. The first kappa shape index (κ1) is 26.9. The largest absolute Gasteiger partial charge is 0.507 e. The lowest BCUT2D eigenvalue weighted by molar-refractivity contribution is -0.140. The number of aliphatic hydroxyl groups excluding tert-OH is 1. The van der Waals surface area contributed by atoms with E-state index in [9.17, 15) is 14.7 Å². The fraction of sp³-hybridized carbons (Fsp3) is 0.290. The fourth-order valence-electron chi connectivity index (χ4n) is 4.36. The molecule has 4 rings (SSSR count). The van der Waals surface area contributed by atoms with Gasteiger partial charge < -0.3 is 24.4 Å². The van der Waals surface area contributed by atoms with Crippen molar-refractivity contribution in [3.05, 3.63) is 101 Å². The molecule has 0 spiro atoms. The van der Waals surface area contributed by atoms with Crippen LogP contribution in [0.1, 0.15) is 36.1 Å². The summed E-state index contributed by atoms with van der Waals surface area (Å²) in [7, 11) is 3.82. The van der Waals surface area contributed by atoms with Gasteiger partial charge in [-0.3, -0.25) is 9.59 Å². The summed E-state index contributed by atoms with van der Waals surface area (Å²) >= 11 is 0. The molecule has 1 N–H and O–H groups in total. The van der Waals surface area contributed by atoms with Crippen molar-refractivity contribution in [3.8, 4) is 11.5 Å². The van der Waals surface area contributed by atoms with E-state index in [1.54, 1.807) is 24.3 Å². The smallest absolute Gasteiger partial charge is 0.295 e. The van der Waals surface area contributed by atoms with Gasteiger partial charge in [-0.15, -0.1) is 0 Å². The topological polar surface area (TPSA) is 79.3 Å². The molecule has 198 valence electrons. The summed E-state index contributed by atoms with van der Waals surface area (Å²) in [5, 5.41) is 11.3. The number of nitrogens with zero attached hydrogens (tertiary/aromatic N) is 2. The molecule has 1 aliphatic heterocycles. The van der Waals surface area contributed by atoms with Crippen LogP contribution in [-0.2, 0) is 16.2 Å². The van der Waals surface area contributed by atoms with Gasteiger partial charge in [0, 0.05) is 18.7 Å². The Bertz CT molecular complexity index is 1290. The normalized spacial score (nSPS) is 16.7. The molecule has 0 saturated carbocycles. The van der Waals surface area contributed by atoms with Crippen LogP contribution < -0.4 is 9.47 Å². The van der Waals surface area contributed by atoms with E-state index >= 15 is 0 Å². The number of likely N-dealkylation sites (N-methyl/N-ethyl adjacent to an activating group) is 1. The van der Waals surface area contributed by atoms with Crippen LogP contribution in [0.15, 0.2) is 84.4 Å². The lowest BCUT2D eigenvalue weighted by Crippen LogP contribution is -2.35. The molecule has 3 aromatic carbocycles. The first-order chi connectivity index (χ1) is 18.4. The number of carbonyl (C=O) groups excluding carboxylic acids is 2. The van der Waals surface area contributed by atoms with Gasteiger partial charge in [0.15, 0.2) is 0 Å². The Balaban J connectivity index is 1.68. The molecular formula is C31H34N2O5. The van der Waals surface area contributed by atoms with E-state index in [1.165, 1.54) is 4.90 Å². The molecule has 1 atom stereocenters. The second-order valence-corrected chi connectivity index (χ2v) is 9.52. The molecule has 0 radical (unpaired) electrons. The van der Waals surface area contributed by atoms with Crippen molar-refractivity contribution in [3.63, 3.8) is 0 Å². The standard InChI is InChI=1S/C31H34N2O5/c1-4-19-37-26-12-8-11-24(20-26)29(34)27-28(33(18-17-32(2)3)31(36)30(27)35)23-13-15-25(16-14-23)38-21-22-9-6-5-7-10-22/h5-16,20,28,34H,4,17-19,21H2,1-3H3/b29-27+. The summed E-state index contributed by atoms with van der Waals surface area (Å²) in [5.41, 5.74) is 2.27. The predicted molar refractivity (Wildman–Crippen MR) is 147 cm³/mol. The summed E-state index contributed by atoms with van der Waals surface area (Å²) < 4.78 is 11.6. The average molecular weight is 515 g/mol. The monoisotopic (exact) mass is 514 g/mol. The molecule has 7 heteroatoms. The van der Waals surface area contributed by atoms with Crippen molar-refractivity contribution in [2.45, 2.75) is 26.0 Å². The van der Waals surface area contributed by atoms with Crippen LogP contribution in [0, 0.1) is 0 Å². The molecular weight excluding hydrogens is 480 g/mol. The van der Waals surface area contributed by atoms with E-state index in [2.05, 4.69) is 0 Å². The molecule has 7 nitrogen and oxygen atoms in total. The van der Waals surface area contributed by atoms with E-state index in [0.717, 1.165) is 17.5 Å². The second kappa shape index (κ2) is 12.4. The number of aliphatic hydroxyl groups is 1. The van der Waals surface area contributed by atoms with Gasteiger partial charge in [0.05, 0.1) is 18.2 Å².